The van der Waals surface area contributed by atoms with Crippen LogP contribution in [0.25, 0.3) is 10.9 Å². The number of aromatic nitrogens is 2. The van der Waals surface area contributed by atoms with Crippen molar-refractivity contribution < 1.29 is 14.1 Å². The molecule has 1 saturated heterocycles. The molecular formula is C28H29N5O3S. The Balaban J connectivity index is 1.21. The Hall–Kier alpha value is -3.66. The Morgan fingerprint density at radius 1 is 1.03 bits per heavy atom. The minimum atomic E-state index is -1.49. The molecule has 1 fully saturated rings. The van der Waals surface area contributed by atoms with Gasteiger partial charge in [0, 0.05) is 61.6 Å². The van der Waals surface area contributed by atoms with Crippen LogP contribution in [-0.4, -0.2) is 63.5 Å². The Morgan fingerprint density at radius 3 is 2.57 bits per heavy atom. The van der Waals surface area contributed by atoms with E-state index in [4.69, 9.17) is 4.74 Å². The number of carbonyl (C=O) groups excluding carboxylic acids is 1. The first kappa shape index (κ1) is 25.0. The number of fused-ring (bicyclic) bond motifs is 1. The van der Waals surface area contributed by atoms with E-state index in [0.29, 0.717) is 34.9 Å². The summed E-state index contributed by atoms with van der Waals surface area (Å²) in [4.78, 5) is 26.7. The SMILES string of the molecule is COc1ncccc1CN1CCN(C(=O)c2ccc(N[S+]([O-])c3cccc4cccnc34)c(C)c2)CC1. The average Bonchev–Trinajstić information content (AvgIpc) is 2.94. The predicted octanol–water partition coefficient (Wildman–Crippen LogP) is 4.04. The first-order valence-corrected chi connectivity index (χ1v) is 13.3. The smallest absolute Gasteiger partial charge is 0.253 e. The number of carbonyl (C=O) groups is 1. The minimum absolute atomic E-state index is 0.00707. The van der Waals surface area contributed by atoms with E-state index in [-0.39, 0.29) is 5.91 Å². The van der Waals surface area contributed by atoms with Gasteiger partial charge in [0.2, 0.25) is 10.8 Å². The van der Waals surface area contributed by atoms with Gasteiger partial charge in [-0.25, -0.2) is 9.71 Å². The number of nitrogens with zero attached hydrogens (tertiary/aromatic N) is 4. The fourth-order valence-corrected chi connectivity index (χ4v) is 5.64. The van der Waals surface area contributed by atoms with Crippen molar-refractivity contribution in [1.29, 1.82) is 0 Å². The van der Waals surface area contributed by atoms with Gasteiger partial charge in [-0.05, 0) is 48.9 Å². The van der Waals surface area contributed by atoms with Crippen molar-refractivity contribution in [1.82, 2.24) is 19.8 Å². The van der Waals surface area contributed by atoms with Gasteiger partial charge in [-0.15, -0.1) is 0 Å². The van der Waals surface area contributed by atoms with Crippen LogP contribution in [0.2, 0.25) is 0 Å². The van der Waals surface area contributed by atoms with E-state index in [2.05, 4.69) is 19.6 Å². The van der Waals surface area contributed by atoms with Crippen molar-refractivity contribution >= 4 is 33.9 Å². The van der Waals surface area contributed by atoms with Crippen molar-refractivity contribution in [2.24, 2.45) is 0 Å². The lowest BCUT2D eigenvalue weighted by Crippen LogP contribution is -2.48. The van der Waals surface area contributed by atoms with Crippen LogP contribution in [0.1, 0.15) is 21.5 Å². The minimum Gasteiger partial charge on any atom is -0.588 e. The highest BCUT2D eigenvalue weighted by molar-refractivity contribution is 7.93. The van der Waals surface area contributed by atoms with Crippen LogP contribution in [0.3, 0.4) is 0 Å². The van der Waals surface area contributed by atoms with Crippen LogP contribution >= 0.6 is 0 Å². The highest BCUT2D eigenvalue weighted by Crippen LogP contribution is 2.26. The van der Waals surface area contributed by atoms with Crippen molar-refractivity contribution in [2.75, 3.05) is 38.0 Å². The number of para-hydroxylation sites is 1. The molecule has 0 spiro atoms. The molecule has 1 aliphatic heterocycles. The number of nitrogens with one attached hydrogen (secondary N) is 1. The lowest BCUT2D eigenvalue weighted by atomic mass is 10.1. The number of benzene rings is 2. The van der Waals surface area contributed by atoms with Gasteiger partial charge in [-0.2, -0.15) is 0 Å². The molecule has 1 aliphatic rings. The molecule has 190 valence electrons. The molecule has 2 aromatic carbocycles. The second kappa shape index (κ2) is 11.2. The van der Waals surface area contributed by atoms with Gasteiger partial charge in [-0.3, -0.25) is 14.7 Å². The summed E-state index contributed by atoms with van der Waals surface area (Å²) in [6.07, 6.45) is 3.42. The monoisotopic (exact) mass is 515 g/mol. The Kier molecular flexibility index (Phi) is 7.55. The summed E-state index contributed by atoms with van der Waals surface area (Å²) in [6.45, 7) is 5.51. The van der Waals surface area contributed by atoms with Crippen molar-refractivity contribution in [3.8, 4) is 5.88 Å². The fourth-order valence-electron chi connectivity index (χ4n) is 4.55. The van der Waals surface area contributed by atoms with Crippen LogP contribution in [0.15, 0.2) is 78.0 Å². The standard InChI is InChI=1S/C28H29N5O3S/c1-20-18-22(10-11-24(20)31-37(35)25-9-3-6-21-7-4-12-29-26(21)25)28(34)33-16-14-32(15-17-33)19-23-8-5-13-30-27(23)36-2/h3-13,18,31H,14-17,19H2,1-2H3. The molecule has 0 saturated carbocycles. The van der Waals surface area contributed by atoms with Gasteiger partial charge >= 0.3 is 0 Å². The summed E-state index contributed by atoms with van der Waals surface area (Å²) in [5.74, 6) is 0.649. The van der Waals surface area contributed by atoms with E-state index in [9.17, 15) is 9.35 Å². The van der Waals surface area contributed by atoms with Gasteiger partial charge in [-0.1, -0.05) is 24.3 Å². The van der Waals surface area contributed by atoms with Crippen LogP contribution in [0.4, 0.5) is 5.69 Å². The average molecular weight is 516 g/mol. The number of hydrogen-bond acceptors (Lipinski definition) is 7. The maximum Gasteiger partial charge on any atom is 0.253 e. The van der Waals surface area contributed by atoms with Gasteiger partial charge in [0.25, 0.3) is 5.91 Å². The summed E-state index contributed by atoms with van der Waals surface area (Å²) < 4.78 is 21.6. The number of ether oxygens (including phenoxy) is 1. The van der Waals surface area contributed by atoms with Crippen LogP contribution in [0.5, 0.6) is 5.88 Å². The first-order chi connectivity index (χ1) is 18.0. The third-order valence-electron chi connectivity index (χ3n) is 6.57. The predicted molar refractivity (Wildman–Crippen MR) is 145 cm³/mol. The molecule has 0 radical (unpaired) electrons. The number of rotatable bonds is 7. The number of amides is 1. The van der Waals surface area contributed by atoms with Crippen molar-refractivity contribution in [3.63, 3.8) is 0 Å². The summed E-state index contributed by atoms with van der Waals surface area (Å²) in [5.41, 5.74) is 3.96. The number of hydrogen-bond donors (Lipinski definition) is 1. The lowest BCUT2D eigenvalue weighted by molar-refractivity contribution is 0.0627. The normalized spacial score (nSPS) is 14.9. The highest BCUT2D eigenvalue weighted by atomic mass is 32.2. The van der Waals surface area contributed by atoms with Gasteiger partial charge in [0.1, 0.15) is 16.9 Å². The molecule has 5 rings (SSSR count). The van der Waals surface area contributed by atoms with E-state index in [1.54, 1.807) is 25.6 Å². The topological polar surface area (TPSA) is 93.7 Å². The van der Waals surface area contributed by atoms with E-state index in [1.165, 1.54) is 0 Å². The quantitative estimate of drug-likeness (QED) is 0.371. The molecule has 4 aromatic rings. The molecule has 9 heteroatoms. The van der Waals surface area contributed by atoms with Gasteiger partial charge in [0.05, 0.1) is 12.8 Å². The lowest BCUT2D eigenvalue weighted by Gasteiger charge is -2.35. The van der Waals surface area contributed by atoms with Crippen LogP contribution in [0, 0.1) is 6.92 Å². The highest BCUT2D eigenvalue weighted by Gasteiger charge is 2.24. The number of piperazine rings is 1. The number of anilines is 1. The maximum atomic E-state index is 13.2. The third-order valence-corrected chi connectivity index (χ3v) is 7.70. The van der Waals surface area contributed by atoms with E-state index in [1.807, 2.05) is 66.4 Å². The Morgan fingerprint density at radius 2 is 1.78 bits per heavy atom. The Labute approximate surface area is 219 Å². The van der Waals surface area contributed by atoms with Crippen LogP contribution < -0.4 is 9.46 Å². The van der Waals surface area contributed by atoms with Crippen LogP contribution in [-0.2, 0) is 17.9 Å². The number of methoxy groups -OCH3 is 1. The first-order valence-electron chi connectivity index (χ1n) is 12.2. The molecule has 1 amide bonds. The van der Waals surface area contributed by atoms with Gasteiger partial charge in [0.15, 0.2) is 0 Å². The van der Waals surface area contributed by atoms with E-state index >= 15 is 0 Å². The molecular weight excluding hydrogens is 486 g/mol. The zero-order chi connectivity index (χ0) is 25.8. The zero-order valence-electron chi connectivity index (χ0n) is 20.9. The summed E-state index contributed by atoms with van der Waals surface area (Å²) in [7, 11) is 1.63. The number of pyridine rings is 2. The van der Waals surface area contributed by atoms with Crippen molar-refractivity contribution in [2.45, 2.75) is 18.4 Å². The van der Waals surface area contributed by atoms with Gasteiger partial charge < -0.3 is 14.2 Å². The maximum absolute atomic E-state index is 13.2. The Bertz CT molecular complexity index is 1400. The molecule has 3 heterocycles. The summed E-state index contributed by atoms with van der Waals surface area (Å²) in [6, 6.07) is 18.9. The summed E-state index contributed by atoms with van der Waals surface area (Å²) in [5, 5.41) is 0.937. The molecule has 37 heavy (non-hydrogen) atoms. The molecule has 0 bridgehead atoms. The number of aryl methyl sites for hydroxylation is 1. The molecule has 1 unspecified atom stereocenters. The second-order valence-corrected chi connectivity index (χ2v) is 10.2. The molecule has 0 aliphatic carbocycles. The van der Waals surface area contributed by atoms with E-state index < -0.39 is 11.4 Å². The summed E-state index contributed by atoms with van der Waals surface area (Å²) >= 11 is -1.49. The molecule has 2 aromatic heterocycles. The molecule has 1 atom stereocenters. The molecule has 1 N–H and O–H groups in total. The van der Waals surface area contributed by atoms with E-state index in [0.717, 1.165) is 41.8 Å². The largest absolute Gasteiger partial charge is 0.588 e. The van der Waals surface area contributed by atoms with Crippen molar-refractivity contribution in [3.05, 3.63) is 89.7 Å². The third kappa shape index (κ3) is 5.53. The zero-order valence-corrected chi connectivity index (χ0v) is 21.7. The fraction of sp³-hybridized carbons (Fsp3) is 0.250. The second-order valence-electron chi connectivity index (χ2n) is 8.97. The molecule has 8 nitrogen and oxygen atoms in total.